The number of nitrogens with zero attached hydrogens (tertiary/aromatic N) is 1. The summed E-state index contributed by atoms with van der Waals surface area (Å²) in [4.78, 5) is 39.9. The Morgan fingerprint density at radius 3 is 2.23 bits per heavy atom. The third-order valence-corrected chi connectivity index (χ3v) is 4.44. The fourth-order valence-corrected chi connectivity index (χ4v) is 3.30. The highest BCUT2D eigenvalue weighted by Gasteiger charge is 2.39. The molecule has 2 atom stereocenters. The average Bonchev–Trinajstić information content (AvgIpc) is 2.59. The Hall–Kier alpha value is -2.41. The fourth-order valence-electron chi connectivity index (χ4n) is 3.30. The Morgan fingerprint density at radius 1 is 1.07 bits per heavy atom. The maximum Gasteiger partial charge on any atom is 0.329 e. The first-order valence-electron chi connectivity index (χ1n) is 10.4. The lowest BCUT2D eigenvalue weighted by atomic mass is 10.0. The molecule has 0 unspecified atom stereocenters. The van der Waals surface area contributed by atoms with Gasteiger partial charge in [-0.3, -0.25) is 9.59 Å². The fraction of sp³-hybridized carbons (Fsp3) is 0.609. The first-order chi connectivity index (χ1) is 13.9. The Kier molecular flexibility index (Phi) is 7.64. The van der Waals surface area contributed by atoms with Crippen molar-refractivity contribution in [1.29, 1.82) is 0 Å². The molecule has 1 N–H and O–H groups in total. The van der Waals surface area contributed by atoms with E-state index in [2.05, 4.69) is 5.32 Å². The minimum absolute atomic E-state index is 0.0843. The second kappa shape index (κ2) is 9.60. The van der Waals surface area contributed by atoms with E-state index in [9.17, 15) is 14.4 Å². The highest BCUT2D eigenvalue weighted by Crippen LogP contribution is 2.19. The zero-order valence-corrected chi connectivity index (χ0v) is 18.9. The van der Waals surface area contributed by atoms with Crippen molar-refractivity contribution in [3.8, 4) is 0 Å². The molecule has 0 spiro atoms. The SMILES string of the molecule is CC(C)(C)OC(=O)C[C@@H]1NCCN([C@H](Cc2ccccc2)C(=O)OC(C)(C)C)C1=O. The zero-order chi connectivity index (χ0) is 22.5. The van der Waals surface area contributed by atoms with E-state index in [-0.39, 0.29) is 12.3 Å². The van der Waals surface area contributed by atoms with Crippen molar-refractivity contribution in [2.24, 2.45) is 0 Å². The van der Waals surface area contributed by atoms with E-state index in [0.717, 1.165) is 5.56 Å². The van der Waals surface area contributed by atoms with E-state index >= 15 is 0 Å². The average molecular weight is 419 g/mol. The Morgan fingerprint density at radius 2 is 1.67 bits per heavy atom. The molecule has 166 valence electrons. The number of nitrogens with one attached hydrogen (secondary N) is 1. The number of hydrogen-bond acceptors (Lipinski definition) is 6. The van der Waals surface area contributed by atoms with Crippen molar-refractivity contribution < 1.29 is 23.9 Å². The van der Waals surface area contributed by atoms with E-state index in [1.807, 2.05) is 30.3 Å². The standard InChI is InChI=1S/C23H34N2O5/c1-22(2,3)29-19(26)15-17-20(27)25(13-12-24-17)18(21(28)30-23(4,5)6)14-16-10-8-7-9-11-16/h7-11,17-18,24H,12-15H2,1-6H3/t17-,18+/m0/s1. The van der Waals surface area contributed by atoms with Gasteiger partial charge in [-0.2, -0.15) is 0 Å². The summed E-state index contributed by atoms with van der Waals surface area (Å²) in [5, 5.41) is 3.08. The highest BCUT2D eigenvalue weighted by atomic mass is 16.6. The van der Waals surface area contributed by atoms with Crippen LogP contribution in [0.3, 0.4) is 0 Å². The van der Waals surface area contributed by atoms with Crippen molar-refractivity contribution in [2.45, 2.75) is 77.7 Å². The smallest absolute Gasteiger partial charge is 0.329 e. The van der Waals surface area contributed by atoms with Crippen molar-refractivity contribution in [2.75, 3.05) is 13.1 Å². The van der Waals surface area contributed by atoms with Gasteiger partial charge in [0.05, 0.1) is 12.5 Å². The molecule has 0 aliphatic carbocycles. The van der Waals surface area contributed by atoms with E-state index in [1.165, 1.54) is 4.90 Å². The van der Waals surface area contributed by atoms with Crippen molar-refractivity contribution in [3.63, 3.8) is 0 Å². The second-order valence-corrected chi connectivity index (χ2v) is 9.57. The molecule has 0 bridgehead atoms. The monoisotopic (exact) mass is 418 g/mol. The number of rotatable bonds is 6. The van der Waals surface area contributed by atoms with Crippen LogP contribution in [-0.2, 0) is 30.3 Å². The minimum Gasteiger partial charge on any atom is -0.460 e. The Bertz CT molecular complexity index is 749. The first kappa shape index (κ1) is 23.9. The summed E-state index contributed by atoms with van der Waals surface area (Å²) in [6.07, 6.45) is 0.264. The largest absolute Gasteiger partial charge is 0.460 e. The predicted molar refractivity (Wildman–Crippen MR) is 114 cm³/mol. The second-order valence-electron chi connectivity index (χ2n) is 9.57. The van der Waals surface area contributed by atoms with Crippen LogP contribution >= 0.6 is 0 Å². The van der Waals surface area contributed by atoms with Crippen LogP contribution in [-0.4, -0.2) is 59.1 Å². The number of hydrogen-bond donors (Lipinski definition) is 1. The minimum atomic E-state index is -0.762. The van der Waals surface area contributed by atoms with Gasteiger partial charge in [0.1, 0.15) is 17.2 Å². The third-order valence-electron chi connectivity index (χ3n) is 4.44. The number of esters is 2. The number of carbonyl (C=O) groups is 3. The molecular weight excluding hydrogens is 384 g/mol. The molecule has 1 fully saturated rings. The normalized spacial score (nSPS) is 18.7. The summed E-state index contributed by atoms with van der Waals surface area (Å²) in [6, 6.07) is 8.04. The zero-order valence-electron chi connectivity index (χ0n) is 18.9. The van der Waals surface area contributed by atoms with Gasteiger partial charge in [0, 0.05) is 19.5 Å². The summed E-state index contributed by atoms with van der Waals surface area (Å²) in [5.41, 5.74) is -0.358. The van der Waals surface area contributed by atoms with Gasteiger partial charge in [0.15, 0.2) is 0 Å². The van der Waals surface area contributed by atoms with Gasteiger partial charge in [0.25, 0.3) is 0 Å². The van der Waals surface area contributed by atoms with Gasteiger partial charge >= 0.3 is 11.9 Å². The topological polar surface area (TPSA) is 84.9 Å². The van der Waals surface area contributed by atoms with Crippen LogP contribution in [0, 0.1) is 0 Å². The molecule has 30 heavy (non-hydrogen) atoms. The van der Waals surface area contributed by atoms with Gasteiger partial charge in [0.2, 0.25) is 5.91 Å². The molecular formula is C23H34N2O5. The molecule has 0 radical (unpaired) electrons. The third kappa shape index (κ3) is 7.44. The molecule has 1 aromatic carbocycles. The molecule has 7 heteroatoms. The van der Waals surface area contributed by atoms with Gasteiger partial charge in [-0.1, -0.05) is 30.3 Å². The molecule has 0 aromatic heterocycles. The molecule has 1 heterocycles. The molecule has 1 aliphatic heterocycles. The van der Waals surface area contributed by atoms with Crippen LogP contribution < -0.4 is 5.32 Å². The van der Waals surface area contributed by atoms with E-state index in [4.69, 9.17) is 9.47 Å². The summed E-state index contributed by atoms with van der Waals surface area (Å²) in [7, 11) is 0. The van der Waals surface area contributed by atoms with Crippen molar-refractivity contribution in [3.05, 3.63) is 35.9 Å². The van der Waals surface area contributed by atoms with Crippen LogP contribution in [0.4, 0.5) is 0 Å². The summed E-state index contributed by atoms with van der Waals surface area (Å²) >= 11 is 0. The summed E-state index contributed by atoms with van der Waals surface area (Å²) in [5.74, 6) is -1.19. The highest BCUT2D eigenvalue weighted by molar-refractivity contribution is 5.91. The van der Waals surface area contributed by atoms with Crippen molar-refractivity contribution in [1.82, 2.24) is 10.2 Å². The van der Waals surface area contributed by atoms with Gasteiger partial charge in [-0.05, 0) is 47.1 Å². The van der Waals surface area contributed by atoms with Crippen molar-refractivity contribution >= 4 is 17.8 Å². The lowest BCUT2D eigenvalue weighted by Crippen LogP contribution is -2.61. The van der Waals surface area contributed by atoms with Crippen LogP contribution in [0.2, 0.25) is 0 Å². The lowest BCUT2D eigenvalue weighted by molar-refractivity contribution is -0.167. The van der Waals surface area contributed by atoms with E-state index < -0.39 is 35.2 Å². The Balaban J connectivity index is 2.20. The molecule has 1 amide bonds. The molecule has 7 nitrogen and oxygen atoms in total. The van der Waals surface area contributed by atoms with Gasteiger partial charge in [-0.15, -0.1) is 0 Å². The molecule has 1 aliphatic rings. The predicted octanol–water partition coefficient (Wildman–Crippen LogP) is 2.47. The molecule has 2 rings (SSSR count). The van der Waals surface area contributed by atoms with Crippen LogP contribution in [0.25, 0.3) is 0 Å². The van der Waals surface area contributed by atoms with E-state index in [0.29, 0.717) is 19.5 Å². The molecule has 1 saturated heterocycles. The summed E-state index contributed by atoms with van der Waals surface area (Å²) < 4.78 is 11.0. The quantitative estimate of drug-likeness (QED) is 0.715. The number of amides is 1. The maximum atomic E-state index is 13.2. The first-order valence-corrected chi connectivity index (χ1v) is 10.4. The van der Waals surface area contributed by atoms with Crippen LogP contribution in [0.15, 0.2) is 30.3 Å². The number of carbonyl (C=O) groups excluding carboxylic acids is 3. The van der Waals surface area contributed by atoms with Gasteiger partial charge in [-0.25, -0.2) is 4.79 Å². The van der Waals surface area contributed by atoms with E-state index in [1.54, 1.807) is 41.5 Å². The lowest BCUT2D eigenvalue weighted by Gasteiger charge is -2.38. The number of benzene rings is 1. The Labute approximate surface area is 179 Å². The van der Waals surface area contributed by atoms with Gasteiger partial charge < -0.3 is 19.7 Å². The number of ether oxygens (including phenoxy) is 2. The van der Waals surface area contributed by atoms with Crippen LogP contribution in [0.1, 0.15) is 53.5 Å². The maximum absolute atomic E-state index is 13.2. The number of piperazine rings is 1. The molecule has 1 aromatic rings. The molecule has 0 saturated carbocycles. The van der Waals surface area contributed by atoms with Crippen LogP contribution in [0.5, 0.6) is 0 Å². The summed E-state index contributed by atoms with van der Waals surface area (Å²) in [6.45, 7) is 11.6.